The molecular weight excluding hydrogens is 212 g/mol. The second-order valence-corrected chi connectivity index (χ2v) is 4.94. The van der Waals surface area contributed by atoms with Gasteiger partial charge in [0.15, 0.2) is 0 Å². The largest absolute Gasteiger partial charge is 0.468 e. The molecule has 17 heavy (non-hydrogen) atoms. The van der Waals surface area contributed by atoms with Crippen molar-refractivity contribution in [2.45, 2.75) is 44.7 Å². The van der Waals surface area contributed by atoms with E-state index in [1.165, 1.54) is 25.8 Å². The van der Waals surface area contributed by atoms with Crippen molar-refractivity contribution in [3.05, 3.63) is 24.2 Å². The first-order chi connectivity index (χ1) is 8.33. The molecule has 0 aromatic carbocycles. The molecule has 1 fully saturated rings. The van der Waals surface area contributed by atoms with E-state index in [4.69, 9.17) is 4.42 Å². The van der Waals surface area contributed by atoms with Crippen LogP contribution in [0.15, 0.2) is 22.8 Å². The van der Waals surface area contributed by atoms with Crippen molar-refractivity contribution in [2.24, 2.45) is 0 Å². The van der Waals surface area contributed by atoms with E-state index >= 15 is 0 Å². The molecule has 0 radical (unpaired) electrons. The highest BCUT2D eigenvalue weighted by Gasteiger charge is 2.25. The highest BCUT2D eigenvalue weighted by Crippen LogP contribution is 2.27. The third-order valence-corrected chi connectivity index (χ3v) is 3.87. The molecule has 1 aromatic rings. The lowest BCUT2D eigenvalue weighted by Crippen LogP contribution is -2.35. The van der Waals surface area contributed by atoms with Crippen LogP contribution in [0.2, 0.25) is 0 Å². The van der Waals surface area contributed by atoms with Gasteiger partial charge in [0, 0.05) is 6.04 Å². The smallest absolute Gasteiger partial charge is 0.120 e. The molecule has 3 nitrogen and oxygen atoms in total. The van der Waals surface area contributed by atoms with Gasteiger partial charge >= 0.3 is 0 Å². The summed E-state index contributed by atoms with van der Waals surface area (Å²) >= 11 is 0. The molecular formula is C14H24N2O. The van der Waals surface area contributed by atoms with Crippen LogP contribution < -0.4 is 5.32 Å². The van der Waals surface area contributed by atoms with Crippen LogP contribution in [0.25, 0.3) is 0 Å². The van der Waals surface area contributed by atoms with E-state index in [0.717, 1.165) is 18.7 Å². The van der Waals surface area contributed by atoms with Gasteiger partial charge in [-0.2, -0.15) is 0 Å². The first kappa shape index (κ1) is 12.7. The van der Waals surface area contributed by atoms with Crippen molar-refractivity contribution < 1.29 is 4.42 Å². The SMILES string of the molecule is CCC(c1ccco1)N(C)C1CCCNCC1. The molecule has 1 aliphatic heterocycles. The Kier molecular flexibility index (Phi) is 4.63. The third kappa shape index (κ3) is 3.11. The van der Waals surface area contributed by atoms with Crippen molar-refractivity contribution in [2.75, 3.05) is 20.1 Å². The summed E-state index contributed by atoms with van der Waals surface area (Å²) in [5.41, 5.74) is 0. The topological polar surface area (TPSA) is 28.4 Å². The molecule has 0 saturated carbocycles. The first-order valence-corrected chi connectivity index (χ1v) is 6.79. The average molecular weight is 236 g/mol. The third-order valence-electron chi connectivity index (χ3n) is 3.87. The molecule has 2 heterocycles. The summed E-state index contributed by atoms with van der Waals surface area (Å²) in [6.45, 7) is 4.55. The number of nitrogens with zero attached hydrogens (tertiary/aromatic N) is 1. The normalized spacial score (nSPS) is 23.6. The summed E-state index contributed by atoms with van der Waals surface area (Å²) in [5.74, 6) is 1.10. The molecule has 2 rings (SSSR count). The highest BCUT2D eigenvalue weighted by atomic mass is 16.3. The Hall–Kier alpha value is -0.800. The van der Waals surface area contributed by atoms with E-state index in [1.807, 2.05) is 6.07 Å². The molecule has 0 aliphatic carbocycles. The molecule has 0 amide bonds. The van der Waals surface area contributed by atoms with Gasteiger partial charge in [-0.25, -0.2) is 0 Å². The fourth-order valence-electron chi connectivity index (χ4n) is 2.83. The summed E-state index contributed by atoms with van der Waals surface area (Å²) in [7, 11) is 2.24. The summed E-state index contributed by atoms with van der Waals surface area (Å²) in [6.07, 6.45) is 6.70. The summed E-state index contributed by atoms with van der Waals surface area (Å²) in [4.78, 5) is 2.51. The quantitative estimate of drug-likeness (QED) is 0.871. The molecule has 1 aromatic heterocycles. The zero-order valence-electron chi connectivity index (χ0n) is 11.0. The number of nitrogens with one attached hydrogen (secondary N) is 1. The van der Waals surface area contributed by atoms with Crippen molar-refractivity contribution in [3.63, 3.8) is 0 Å². The molecule has 1 aliphatic rings. The second kappa shape index (κ2) is 6.22. The van der Waals surface area contributed by atoms with Crippen LogP contribution in [0.1, 0.15) is 44.4 Å². The lowest BCUT2D eigenvalue weighted by molar-refractivity contribution is 0.138. The van der Waals surface area contributed by atoms with Crippen molar-refractivity contribution in [3.8, 4) is 0 Å². The van der Waals surface area contributed by atoms with Crippen molar-refractivity contribution in [1.82, 2.24) is 10.2 Å². The number of hydrogen-bond donors (Lipinski definition) is 1. The van der Waals surface area contributed by atoms with Crippen molar-refractivity contribution in [1.29, 1.82) is 0 Å². The predicted molar refractivity (Wildman–Crippen MR) is 70.0 cm³/mol. The Morgan fingerprint density at radius 2 is 2.35 bits per heavy atom. The van der Waals surface area contributed by atoms with E-state index in [1.54, 1.807) is 6.26 Å². The summed E-state index contributed by atoms with van der Waals surface area (Å²) in [5, 5.41) is 3.47. The second-order valence-electron chi connectivity index (χ2n) is 4.94. The Bertz CT molecular complexity index is 302. The molecule has 96 valence electrons. The van der Waals surface area contributed by atoms with Gasteiger partial charge in [0.25, 0.3) is 0 Å². The predicted octanol–water partition coefficient (Wildman–Crippen LogP) is 2.80. The molecule has 0 spiro atoms. The van der Waals surface area contributed by atoms with E-state index < -0.39 is 0 Å². The Labute approximate surface area is 104 Å². The van der Waals surface area contributed by atoms with Gasteiger partial charge in [0.1, 0.15) is 5.76 Å². The number of furan rings is 1. The van der Waals surface area contributed by atoms with Gasteiger partial charge in [-0.05, 0) is 58.0 Å². The van der Waals surface area contributed by atoms with Crippen LogP contribution in [-0.4, -0.2) is 31.1 Å². The summed E-state index contributed by atoms with van der Waals surface area (Å²) < 4.78 is 5.57. The number of hydrogen-bond acceptors (Lipinski definition) is 3. The van der Waals surface area contributed by atoms with Crippen LogP contribution in [0, 0.1) is 0 Å². The first-order valence-electron chi connectivity index (χ1n) is 6.79. The van der Waals surface area contributed by atoms with Gasteiger partial charge < -0.3 is 9.73 Å². The molecule has 3 heteroatoms. The van der Waals surface area contributed by atoms with Gasteiger partial charge in [-0.15, -0.1) is 0 Å². The van der Waals surface area contributed by atoms with Crippen LogP contribution in [0.3, 0.4) is 0 Å². The Morgan fingerprint density at radius 1 is 1.47 bits per heavy atom. The van der Waals surface area contributed by atoms with Crippen LogP contribution >= 0.6 is 0 Å². The molecule has 1 N–H and O–H groups in total. The van der Waals surface area contributed by atoms with Gasteiger partial charge in [0.05, 0.1) is 12.3 Å². The molecule has 2 atom stereocenters. The zero-order chi connectivity index (χ0) is 12.1. The fourth-order valence-corrected chi connectivity index (χ4v) is 2.83. The van der Waals surface area contributed by atoms with E-state index in [2.05, 4.69) is 30.3 Å². The average Bonchev–Trinajstić information content (AvgIpc) is 2.72. The van der Waals surface area contributed by atoms with Gasteiger partial charge in [0.2, 0.25) is 0 Å². The maximum atomic E-state index is 5.57. The van der Waals surface area contributed by atoms with Crippen LogP contribution in [0.5, 0.6) is 0 Å². The maximum absolute atomic E-state index is 5.57. The van der Waals surface area contributed by atoms with E-state index in [0.29, 0.717) is 12.1 Å². The number of rotatable bonds is 4. The lowest BCUT2D eigenvalue weighted by atomic mass is 10.0. The minimum Gasteiger partial charge on any atom is -0.468 e. The zero-order valence-corrected chi connectivity index (χ0v) is 11.0. The molecule has 0 bridgehead atoms. The minimum absolute atomic E-state index is 0.424. The molecule has 2 unspecified atom stereocenters. The van der Waals surface area contributed by atoms with Crippen molar-refractivity contribution >= 4 is 0 Å². The minimum atomic E-state index is 0.424. The van der Waals surface area contributed by atoms with Gasteiger partial charge in [-0.1, -0.05) is 6.92 Å². The van der Waals surface area contributed by atoms with E-state index in [9.17, 15) is 0 Å². The van der Waals surface area contributed by atoms with E-state index in [-0.39, 0.29) is 0 Å². The molecule has 1 saturated heterocycles. The Morgan fingerprint density at radius 3 is 3.06 bits per heavy atom. The monoisotopic (exact) mass is 236 g/mol. The fraction of sp³-hybridized carbons (Fsp3) is 0.714. The highest BCUT2D eigenvalue weighted by molar-refractivity contribution is 5.05. The van der Waals surface area contributed by atoms with Crippen LogP contribution in [-0.2, 0) is 0 Å². The lowest BCUT2D eigenvalue weighted by Gasteiger charge is -2.33. The summed E-state index contributed by atoms with van der Waals surface area (Å²) in [6, 6.07) is 5.19. The van der Waals surface area contributed by atoms with Crippen LogP contribution in [0.4, 0.5) is 0 Å². The standard InChI is InChI=1S/C14H24N2O/c1-3-13(14-7-5-11-17-14)16(2)12-6-4-9-15-10-8-12/h5,7,11-13,15H,3-4,6,8-10H2,1-2H3. The Balaban J connectivity index is 2.03. The van der Waals surface area contributed by atoms with Gasteiger partial charge in [-0.3, -0.25) is 4.90 Å². The maximum Gasteiger partial charge on any atom is 0.120 e.